The number of nitrogens with zero attached hydrogens (tertiary/aromatic N) is 3. The highest BCUT2D eigenvalue weighted by molar-refractivity contribution is 6.34. The molecular formula is C14H25N5O3. The Morgan fingerprint density at radius 3 is 2.45 bits per heavy atom. The number of likely N-dealkylation sites (tertiary alicyclic amines) is 1. The summed E-state index contributed by atoms with van der Waals surface area (Å²) < 4.78 is 0. The van der Waals surface area contributed by atoms with E-state index in [1.165, 1.54) is 0 Å². The van der Waals surface area contributed by atoms with Gasteiger partial charge in [0.15, 0.2) is 0 Å². The minimum absolute atomic E-state index is 0.180. The molecule has 2 aliphatic rings. The van der Waals surface area contributed by atoms with E-state index in [2.05, 4.69) is 15.6 Å². The maximum Gasteiger partial charge on any atom is 0.323 e. The van der Waals surface area contributed by atoms with Crippen molar-refractivity contribution in [2.75, 3.05) is 52.9 Å². The largest absolute Gasteiger partial charge is 0.348 e. The molecule has 0 aromatic carbocycles. The molecule has 2 saturated heterocycles. The molecule has 8 heteroatoms. The van der Waals surface area contributed by atoms with Gasteiger partial charge in [-0.1, -0.05) is 0 Å². The van der Waals surface area contributed by atoms with Crippen LogP contribution in [0.15, 0.2) is 0 Å². The van der Waals surface area contributed by atoms with Crippen LogP contribution in [0.25, 0.3) is 0 Å². The van der Waals surface area contributed by atoms with Crippen molar-refractivity contribution in [3.05, 3.63) is 0 Å². The summed E-state index contributed by atoms with van der Waals surface area (Å²) in [6, 6.07) is 0. The van der Waals surface area contributed by atoms with Crippen LogP contribution in [0.4, 0.5) is 0 Å². The maximum atomic E-state index is 11.8. The summed E-state index contributed by atoms with van der Waals surface area (Å²) in [7, 11) is 2.02. The molecule has 0 saturated carbocycles. The minimum atomic E-state index is -0.623. The van der Waals surface area contributed by atoms with Gasteiger partial charge in [0.05, 0.1) is 0 Å². The highest BCUT2D eigenvalue weighted by Crippen LogP contribution is 2.09. The first-order valence-corrected chi connectivity index (χ1v) is 7.86. The van der Waals surface area contributed by atoms with Crippen LogP contribution in [-0.4, -0.2) is 85.4 Å². The summed E-state index contributed by atoms with van der Waals surface area (Å²) in [6.07, 6.45) is 2.21. The Balaban J connectivity index is 1.58. The Morgan fingerprint density at radius 2 is 1.82 bits per heavy atom. The van der Waals surface area contributed by atoms with Gasteiger partial charge in [-0.05, 0) is 19.9 Å². The number of hydrogen-bond donors (Lipinski definition) is 2. The van der Waals surface area contributed by atoms with Crippen molar-refractivity contribution in [3.8, 4) is 0 Å². The van der Waals surface area contributed by atoms with Crippen LogP contribution >= 0.6 is 0 Å². The Labute approximate surface area is 130 Å². The van der Waals surface area contributed by atoms with Gasteiger partial charge in [-0.2, -0.15) is 0 Å². The van der Waals surface area contributed by atoms with E-state index in [-0.39, 0.29) is 5.91 Å². The topological polar surface area (TPSA) is 85.0 Å². The third kappa shape index (κ3) is 4.96. The molecule has 0 unspecified atom stereocenters. The monoisotopic (exact) mass is 311 g/mol. The molecule has 0 aliphatic carbocycles. The molecular weight excluding hydrogens is 286 g/mol. The Kier molecular flexibility index (Phi) is 6.14. The Bertz CT molecular complexity index is 421. The van der Waals surface area contributed by atoms with Crippen LogP contribution in [0.1, 0.15) is 19.3 Å². The van der Waals surface area contributed by atoms with E-state index in [0.29, 0.717) is 39.0 Å². The number of amides is 3. The summed E-state index contributed by atoms with van der Waals surface area (Å²) in [5.74, 6) is -1.06. The third-order valence-electron chi connectivity index (χ3n) is 4.03. The summed E-state index contributed by atoms with van der Waals surface area (Å²) in [6.45, 7) is 5.01. The molecule has 0 radical (unpaired) electrons. The predicted molar refractivity (Wildman–Crippen MR) is 80.7 cm³/mol. The Hall–Kier alpha value is -1.67. The normalized spacial score (nSPS) is 20.2. The van der Waals surface area contributed by atoms with E-state index in [4.69, 9.17) is 0 Å². The van der Waals surface area contributed by atoms with Crippen molar-refractivity contribution in [2.45, 2.75) is 19.3 Å². The highest BCUT2D eigenvalue weighted by Gasteiger charge is 2.21. The van der Waals surface area contributed by atoms with Gasteiger partial charge >= 0.3 is 11.8 Å². The standard InChI is InChI=1S/C14H25N5O3/c1-17-8-10-19(11-9-17)16-14(22)13(21)15-5-3-7-18-6-2-4-12(18)20/h2-11H2,1H3,(H,15,21)(H,16,22). The first-order chi connectivity index (χ1) is 10.6. The van der Waals surface area contributed by atoms with Gasteiger partial charge in [0, 0.05) is 52.2 Å². The molecule has 0 atom stereocenters. The number of nitrogens with one attached hydrogen (secondary N) is 2. The lowest BCUT2D eigenvalue weighted by atomic mass is 10.3. The van der Waals surface area contributed by atoms with E-state index in [1.807, 2.05) is 7.05 Å². The highest BCUT2D eigenvalue weighted by atomic mass is 16.2. The van der Waals surface area contributed by atoms with Crippen LogP contribution in [0.5, 0.6) is 0 Å². The van der Waals surface area contributed by atoms with Crippen molar-refractivity contribution >= 4 is 17.7 Å². The molecule has 2 rings (SSSR count). The van der Waals surface area contributed by atoms with Gasteiger partial charge in [0.25, 0.3) is 0 Å². The number of rotatable bonds is 5. The van der Waals surface area contributed by atoms with Gasteiger partial charge in [-0.25, -0.2) is 5.01 Å². The van der Waals surface area contributed by atoms with Crippen LogP contribution in [0.3, 0.4) is 0 Å². The fourth-order valence-corrected chi connectivity index (χ4v) is 2.61. The van der Waals surface area contributed by atoms with Gasteiger partial charge in [-0.3, -0.25) is 19.8 Å². The molecule has 0 spiro atoms. The zero-order chi connectivity index (χ0) is 15.9. The quantitative estimate of drug-likeness (QED) is 0.471. The minimum Gasteiger partial charge on any atom is -0.348 e. The molecule has 22 heavy (non-hydrogen) atoms. The van der Waals surface area contributed by atoms with Gasteiger partial charge in [-0.15, -0.1) is 0 Å². The van der Waals surface area contributed by atoms with E-state index >= 15 is 0 Å². The van der Waals surface area contributed by atoms with Crippen LogP contribution in [0.2, 0.25) is 0 Å². The molecule has 8 nitrogen and oxygen atoms in total. The molecule has 2 fully saturated rings. The molecule has 0 aromatic heterocycles. The fourth-order valence-electron chi connectivity index (χ4n) is 2.61. The van der Waals surface area contributed by atoms with E-state index in [0.717, 1.165) is 26.1 Å². The summed E-state index contributed by atoms with van der Waals surface area (Å²) in [5, 5.41) is 4.36. The van der Waals surface area contributed by atoms with Crippen molar-refractivity contribution in [2.24, 2.45) is 0 Å². The second-order valence-electron chi connectivity index (χ2n) is 5.83. The zero-order valence-corrected chi connectivity index (χ0v) is 13.1. The third-order valence-corrected chi connectivity index (χ3v) is 4.03. The first-order valence-electron chi connectivity index (χ1n) is 7.86. The van der Waals surface area contributed by atoms with Gasteiger partial charge < -0.3 is 15.1 Å². The second-order valence-corrected chi connectivity index (χ2v) is 5.83. The van der Waals surface area contributed by atoms with E-state index in [1.54, 1.807) is 9.91 Å². The number of piperazine rings is 1. The lowest BCUT2D eigenvalue weighted by Gasteiger charge is -2.32. The van der Waals surface area contributed by atoms with Crippen molar-refractivity contribution in [3.63, 3.8) is 0 Å². The summed E-state index contributed by atoms with van der Waals surface area (Å²) in [5.41, 5.74) is 2.62. The van der Waals surface area contributed by atoms with Crippen molar-refractivity contribution in [1.82, 2.24) is 25.6 Å². The molecule has 2 heterocycles. The zero-order valence-electron chi connectivity index (χ0n) is 13.1. The van der Waals surface area contributed by atoms with Crippen LogP contribution in [0, 0.1) is 0 Å². The average molecular weight is 311 g/mol. The lowest BCUT2D eigenvalue weighted by Crippen LogP contribution is -2.55. The SMILES string of the molecule is CN1CCN(NC(=O)C(=O)NCCCN2CCCC2=O)CC1. The smallest absolute Gasteiger partial charge is 0.323 e. The number of hydrazine groups is 1. The average Bonchev–Trinajstić information content (AvgIpc) is 2.91. The number of hydrogen-bond acceptors (Lipinski definition) is 5. The summed E-state index contributed by atoms with van der Waals surface area (Å²) in [4.78, 5) is 38.8. The second kappa shape index (κ2) is 8.09. The Morgan fingerprint density at radius 1 is 1.09 bits per heavy atom. The molecule has 3 amide bonds. The molecule has 124 valence electrons. The summed E-state index contributed by atoms with van der Waals surface area (Å²) >= 11 is 0. The van der Waals surface area contributed by atoms with E-state index < -0.39 is 11.8 Å². The lowest BCUT2D eigenvalue weighted by molar-refractivity contribution is -0.142. The first kappa shape index (κ1) is 16.7. The van der Waals surface area contributed by atoms with Crippen molar-refractivity contribution < 1.29 is 14.4 Å². The molecule has 0 bridgehead atoms. The van der Waals surface area contributed by atoms with Crippen molar-refractivity contribution in [1.29, 1.82) is 0 Å². The molecule has 2 aliphatic heterocycles. The van der Waals surface area contributed by atoms with Gasteiger partial charge in [0.2, 0.25) is 5.91 Å². The van der Waals surface area contributed by atoms with Crippen LogP contribution in [-0.2, 0) is 14.4 Å². The number of carbonyl (C=O) groups excluding carboxylic acids is 3. The predicted octanol–water partition coefficient (Wildman–Crippen LogP) is -1.61. The van der Waals surface area contributed by atoms with Crippen LogP contribution < -0.4 is 10.7 Å². The fraction of sp³-hybridized carbons (Fsp3) is 0.786. The van der Waals surface area contributed by atoms with Gasteiger partial charge in [0.1, 0.15) is 0 Å². The molecule has 2 N–H and O–H groups in total. The van der Waals surface area contributed by atoms with E-state index in [9.17, 15) is 14.4 Å². The maximum absolute atomic E-state index is 11.8. The molecule has 0 aromatic rings. The number of carbonyl (C=O) groups is 3. The number of likely N-dealkylation sites (N-methyl/N-ethyl adjacent to an activating group) is 1.